The maximum absolute atomic E-state index is 12.5. The van der Waals surface area contributed by atoms with Gasteiger partial charge in [0.2, 0.25) is 15.9 Å². The molecule has 0 spiro atoms. The second-order valence-corrected chi connectivity index (χ2v) is 7.87. The number of carbonyl (C=O) groups is 1. The summed E-state index contributed by atoms with van der Waals surface area (Å²) in [7, 11) is -3.63. The van der Waals surface area contributed by atoms with Gasteiger partial charge in [-0.05, 0) is 49.7 Å². The molecule has 0 saturated heterocycles. The molecule has 0 fully saturated rings. The fourth-order valence-corrected chi connectivity index (χ4v) is 3.74. The molecule has 0 bridgehead atoms. The number of benzene rings is 2. The number of hydrogen-bond acceptors (Lipinski definition) is 3. The first-order chi connectivity index (χ1) is 11.2. The minimum Gasteiger partial charge on any atom is -0.324 e. The Balaban J connectivity index is 2.31. The van der Waals surface area contributed by atoms with Crippen LogP contribution < -0.4 is 9.62 Å². The summed E-state index contributed by atoms with van der Waals surface area (Å²) in [5.41, 5.74) is 1.87. The zero-order valence-electron chi connectivity index (χ0n) is 13.7. The highest BCUT2D eigenvalue weighted by molar-refractivity contribution is 7.92. The molecule has 0 aliphatic carbocycles. The monoisotopic (exact) mass is 366 g/mol. The standard InChI is InChI=1S/C17H19ClN2O3S/c1-12-6-4-9-16(10-12)20(24(3,22)23)13(2)17(21)19-15-8-5-7-14(18)11-15/h4-11,13H,1-3H3,(H,19,21). The molecule has 24 heavy (non-hydrogen) atoms. The number of amides is 1. The molecule has 1 atom stereocenters. The maximum atomic E-state index is 12.5. The van der Waals surface area contributed by atoms with Gasteiger partial charge in [-0.15, -0.1) is 0 Å². The van der Waals surface area contributed by atoms with E-state index in [2.05, 4.69) is 5.32 Å². The lowest BCUT2D eigenvalue weighted by atomic mass is 10.2. The van der Waals surface area contributed by atoms with Gasteiger partial charge in [-0.25, -0.2) is 8.42 Å². The highest BCUT2D eigenvalue weighted by Gasteiger charge is 2.29. The minimum atomic E-state index is -3.63. The van der Waals surface area contributed by atoms with Crippen molar-refractivity contribution in [2.45, 2.75) is 19.9 Å². The molecular weight excluding hydrogens is 348 g/mol. The van der Waals surface area contributed by atoms with Gasteiger partial charge in [-0.3, -0.25) is 9.10 Å². The van der Waals surface area contributed by atoms with Gasteiger partial charge in [0.1, 0.15) is 6.04 Å². The molecule has 0 heterocycles. The van der Waals surface area contributed by atoms with Crippen LogP contribution in [-0.4, -0.2) is 26.6 Å². The molecule has 1 N–H and O–H groups in total. The third kappa shape index (κ3) is 4.49. The number of anilines is 2. The van der Waals surface area contributed by atoms with Gasteiger partial charge in [-0.2, -0.15) is 0 Å². The largest absolute Gasteiger partial charge is 0.324 e. The number of carbonyl (C=O) groups excluding carboxylic acids is 1. The van der Waals surface area contributed by atoms with E-state index in [1.807, 2.05) is 13.0 Å². The Hall–Kier alpha value is -2.05. The Bertz CT molecular complexity index is 852. The molecule has 5 nitrogen and oxygen atoms in total. The van der Waals surface area contributed by atoms with Crippen LogP contribution in [0.25, 0.3) is 0 Å². The third-order valence-corrected chi connectivity index (χ3v) is 4.91. The molecule has 0 radical (unpaired) electrons. The lowest BCUT2D eigenvalue weighted by molar-refractivity contribution is -0.116. The predicted octanol–water partition coefficient (Wildman–Crippen LogP) is 3.44. The maximum Gasteiger partial charge on any atom is 0.247 e. The fourth-order valence-electron chi connectivity index (χ4n) is 2.39. The third-order valence-electron chi connectivity index (χ3n) is 3.44. The molecule has 0 aromatic heterocycles. The van der Waals surface area contributed by atoms with Gasteiger partial charge < -0.3 is 5.32 Å². The molecule has 2 aromatic rings. The first-order valence-corrected chi connectivity index (χ1v) is 9.53. The molecule has 128 valence electrons. The van der Waals surface area contributed by atoms with E-state index in [4.69, 9.17) is 11.6 Å². The number of nitrogens with one attached hydrogen (secondary N) is 1. The van der Waals surface area contributed by atoms with Gasteiger partial charge in [0.25, 0.3) is 0 Å². The van der Waals surface area contributed by atoms with Crippen molar-refractivity contribution in [3.8, 4) is 0 Å². The molecule has 1 amide bonds. The highest BCUT2D eigenvalue weighted by atomic mass is 35.5. The van der Waals surface area contributed by atoms with Crippen molar-refractivity contribution in [1.82, 2.24) is 0 Å². The Morgan fingerprint density at radius 1 is 1.17 bits per heavy atom. The SMILES string of the molecule is Cc1cccc(N(C(C)C(=O)Nc2cccc(Cl)c2)S(C)(=O)=O)c1. The van der Waals surface area contributed by atoms with Crippen LogP contribution in [0.4, 0.5) is 11.4 Å². The first kappa shape index (κ1) is 18.3. The second-order valence-electron chi connectivity index (χ2n) is 5.57. The van der Waals surface area contributed by atoms with E-state index in [0.29, 0.717) is 16.4 Å². The first-order valence-electron chi connectivity index (χ1n) is 7.31. The number of hydrogen-bond donors (Lipinski definition) is 1. The van der Waals surface area contributed by atoms with Crippen molar-refractivity contribution in [1.29, 1.82) is 0 Å². The van der Waals surface area contributed by atoms with Crippen LogP contribution in [0, 0.1) is 6.92 Å². The summed E-state index contributed by atoms with van der Waals surface area (Å²) in [6.45, 7) is 3.41. The van der Waals surface area contributed by atoms with E-state index in [9.17, 15) is 13.2 Å². The van der Waals surface area contributed by atoms with Crippen LogP contribution in [0.15, 0.2) is 48.5 Å². The predicted molar refractivity (Wildman–Crippen MR) is 98.0 cm³/mol. The summed E-state index contributed by atoms with van der Waals surface area (Å²) in [6, 6.07) is 12.8. The van der Waals surface area contributed by atoms with Crippen LogP contribution >= 0.6 is 11.6 Å². The Morgan fingerprint density at radius 2 is 1.83 bits per heavy atom. The van der Waals surface area contributed by atoms with Crippen molar-refractivity contribution in [3.05, 3.63) is 59.1 Å². The summed E-state index contributed by atoms with van der Waals surface area (Å²) in [4.78, 5) is 12.5. The zero-order chi connectivity index (χ0) is 17.9. The van der Waals surface area contributed by atoms with E-state index >= 15 is 0 Å². The van der Waals surface area contributed by atoms with Crippen LogP contribution in [0.1, 0.15) is 12.5 Å². The Kier molecular flexibility index (Phi) is 5.51. The van der Waals surface area contributed by atoms with Crippen molar-refractivity contribution < 1.29 is 13.2 Å². The molecular formula is C17H19ClN2O3S. The minimum absolute atomic E-state index is 0.441. The van der Waals surface area contributed by atoms with Crippen LogP contribution in [0.3, 0.4) is 0 Å². The van der Waals surface area contributed by atoms with Crippen molar-refractivity contribution in [2.24, 2.45) is 0 Å². The van der Waals surface area contributed by atoms with Crippen LogP contribution in [-0.2, 0) is 14.8 Å². The van der Waals surface area contributed by atoms with E-state index in [1.54, 1.807) is 49.4 Å². The lowest BCUT2D eigenvalue weighted by Gasteiger charge is -2.28. The number of halogens is 1. The molecule has 0 aliphatic rings. The number of sulfonamides is 1. The summed E-state index contributed by atoms with van der Waals surface area (Å²) in [5, 5.41) is 3.18. The topological polar surface area (TPSA) is 66.5 Å². The Morgan fingerprint density at radius 3 is 2.42 bits per heavy atom. The Labute approximate surface area is 147 Å². The quantitative estimate of drug-likeness (QED) is 0.881. The van der Waals surface area contributed by atoms with Crippen molar-refractivity contribution in [2.75, 3.05) is 15.9 Å². The average Bonchev–Trinajstić information content (AvgIpc) is 2.46. The van der Waals surface area contributed by atoms with Gasteiger partial charge >= 0.3 is 0 Å². The number of rotatable bonds is 5. The molecule has 0 saturated carbocycles. The summed E-state index contributed by atoms with van der Waals surface area (Å²) in [5.74, 6) is -0.441. The van der Waals surface area contributed by atoms with E-state index in [1.165, 1.54) is 0 Å². The van der Waals surface area contributed by atoms with Gasteiger partial charge in [0, 0.05) is 10.7 Å². The number of aryl methyl sites for hydroxylation is 1. The smallest absolute Gasteiger partial charge is 0.247 e. The fraction of sp³-hybridized carbons (Fsp3) is 0.235. The molecule has 2 rings (SSSR count). The van der Waals surface area contributed by atoms with Crippen molar-refractivity contribution in [3.63, 3.8) is 0 Å². The zero-order valence-corrected chi connectivity index (χ0v) is 15.2. The van der Waals surface area contributed by atoms with Crippen LogP contribution in [0.5, 0.6) is 0 Å². The number of nitrogens with zero attached hydrogens (tertiary/aromatic N) is 1. The van der Waals surface area contributed by atoms with E-state index in [0.717, 1.165) is 16.1 Å². The van der Waals surface area contributed by atoms with E-state index in [-0.39, 0.29) is 0 Å². The summed E-state index contributed by atoms with van der Waals surface area (Å²) in [6.07, 6.45) is 1.08. The highest BCUT2D eigenvalue weighted by Crippen LogP contribution is 2.23. The lowest BCUT2D eigenvalue weighted by Crippen LogP contribution is -2.45. The molecule has 7 heteroatoms. The normalized spacial score (nSPS) is 12.5. The van der Waals surface area contributed by atoms with Gasteiger partial charge in [0.15, 0.2) is 0 Å². The second kappa shape index (κ2) is 7.23. The van der Waals surface area contributed by atoms with Gasteiger partial charge in [0.05, 0.1) is 11.9 Å². The molecule has 2 aromatic carbocycles. The summed E-state index contributed by atoms with van der Waals surface area (Å²) < 4.78 is 25.6. The van der Waals surface area contributed by atoms with Crippen molar-refractivity contribution >= 4 is 38.9 Å². The molecule has 1 unspecified atom stereocenters. The van der Waals surface area contributed by atoms with E-state index < -0.39 is 22.0 Å². The molecule has 0 aliphatic heterocycles. The van der Waals surface area contributed by atoms with Crippen LogP contribution in [0.2, 0.25) is 5.02 Å². The summed E-state index contributed by atoms with van der Waals surface area (Å²) >= 11 is 5.90. The average molecular weight is 367 g/mol. The van der Waals surface area contributed by atoms with Gasteiger partial charge in [-0.1, -0.05) is 29.8 Å².